The van der Waals surface area contributed by atoms with Crippen LogP contribution in [0.25, 0.3) is 11.8 Å². The Morgan fingerprint density at radius 3 is 2.64 bits per heavy atom. The molecular formula is C27H26F6N4O2. The zero-order valence-corrected chi connectivity index (χ0v) is 20.6. The van der Waals surface area contributed by atoms with Gasteiger partial charge in [-0.15, -0.1) is 0 Å². The number of rotatable bonds is 6. The van der Waals surface area contributed by atoms with E-state index in [2.05, 4.69) is 4.99 Å². The van der Waals surface area contributed by atoms with Crippen molar-refractivity contribution in [1.29, 1.82) is 5.41 Å². The van der Waals surface area contributed by atoms with Gasteiger partial charge in [-0.3, -0.25) is 5.41 Å². The average molecular weight is 553 g/mol. The third-order valence-corrected chi connectivity index (χ3v) is 6.22. The number of guanidine groups is 1. The Balaban J connectivity index is 1.54. The van der Waals surface area contributed by atoms with Gasteiger partial charge in [-0.25, -0.2) is 4.99 Å². The van der Waals surface area contributed by atoms with Crippen LogP contribution in [0.1, 0.15) is 41.5 Å². The Morgan fingerprint density at radius 2 is 1.92 bits per heavy atom. The van der Waals surface area contributed by atoms with Gasteiger partial charge in [0.15, 0.2) is 5.96 Å². The first-order chi connectivity index (χ1) is 18.4. The van der Waals surface area contributed by atoms with Gasteiger partial charge in [-0.2, -0.15) is 26.3 Å². The Labute approximate surface area is 220 Å². The summed E-state index contributed by atoms with van der Waals surface area (Å²) in [5, 5.41) is 7.77. The Hall–Kier alpha value is -3.96. The number of nitrogens with two attached hydrogens (primary N) is 1. The van der Waals surface area contributed by atoms with Crippen LogP contribution in [0.5, 0.6) is 5.75 Å². The fraction of sp³-hybridized carbons (Fsp3) is 0.333. The largest absolute Gasteiger partial charge is 0.489 e. The molecule has 4 rings (SSSR count). The number of nitrogens with zero attached hydrogens (tertiary/aromatic N) is 2. The zero-order chi connectivity index (χ0) is 28.2. The molecule has 3 N–H and O–H groups in total. The van der Waals surface area contributed by atoms with Crippen molar-refractivity contribution in [2.45, 2.75) is 37.7 Å². The molecule has 0 bridgehead atoms. The van der Waals surface area contributed by atoms with E-state index in [1.165, 1.54) is 36.4 Å². The molecule has 0 unspecified atom stereocenters. The smallest absolute Gasteiger partial charge is 0.419 e. The van der Waals surface area contributed by atoms with Gasteiger partial charge >= 0.3 is 12.4 Å². The molecule has 2 aromatic carbocycles. The van der Waals surface area contributed by atoms with Gasteiger partial charge in [0.25, 0.3) is 0 Å². The molecule has 208 valence electrons. The fourth-order valence-electron chi connectivity index (χ4n) is 4.40. The summed E-state index contributed by atoms with van der Waals surface area (Å²) in [6.07, 6.45) is -3.01. The molecule has 1 saturated heterocycles. The van der Waals surface area contributed by atoms with Gasteiger partial charge in [0, 0.05) is 18.5 Å². The molecule has 2 aliphatic heterocycles. The van der Waals surface area contributed by atoms with Crippen LogP contribution in [0.15, 0.2) is 59.6 Å². The van der Waals surface area contributed by atoms with Crippen LogP contribution in [0, 0.1) is 5.41 Å². The highest BCUT2D eigenvalue weighted by molar-refractivity contribution is 5.92. The maximum Gasteiger partial charge on any atom is 0.419 e. The molecule has 39 heavy (non-hydrogen) atoms. The van der Waals surface area contributed by atoms with Gasteiger partial charge in [-0.05, 0) is 54.8 Å². The number of ether oxygens (including phenoxy) is 2. The van der Waals surface area contributed by atoms with Crippen molar-refractivity contribution < 1.29 is 35.8 Å². The third kappa shape index (κ3) is 6.92. The number of aliphatic imine (C=N–C) groups is 1. The number of alkyl halides is 6. The molecule has 0 saturated carbocycles. The van der Waals surface area contributed by atoms with Crippen LogP contribution in [0.2, 0.25) is 0 Å². The first kappa shape index (κ1) is 28.1. The Kier molecular flexibility index (Phi) is 8.22. The van der Waals surface area contributed by atoms with Crippen molar-refractivity contribution in [3.8, 4) is 5.75 Å². The molecule has 6 nitrogen and oxygen atoms in total. The summed E-state index contributed by atoms with van der Waals surface area (Å²) in [5.41, 5.74) is 4.58. The van der Waals surface area contributed by atoms with Gasteiger partial charge in [0.1, 0.15) is 18.4 Å². The monoisotopic (exact) mass is 552 g/mol. The highest BCUT2D eigenvalue weighted by Crippen LogP contribution is 2.39. The van der Waals surface area contributed by atoms with E-state index >= 15 is 0 Å². The van der Waals surface area contributed by atoms with Crippen LogP contribution in [-0.2, 0) is 17.1 Å². The summed E-state index contributed by atoms with van der Waals surface area (Å²) in [4.78, 5) is 6.15. The van der Waals surface area contributed by atoms with E-state index in [4.69, 9.17) is 20.6 Å². The first-order valence-corrected chi connectivity index (χ1v) is 12.1. The lowest BCUT2D eigenvalue weighted by atomic mass is 10.1. The summed E-state index contributed by atoms with van der Waals surface area (Å²) in [5.74, 6) is -0.241. The number of halogens is 6. The minimum Gasteiger partial charge on any atom is -0.489 e. The number of hydrogen-bond acceptors (Lipinski definition) is 4. The van der Waals surface area contributed by atoms with Gasteiger partial charge < -0.3 is 20.1 Å². The first-order valence-electron chi connectivity index (χ1n) is 12.1. The van der Waals surface area contributed by atoms with Crippen molar-refractivity contribution in [2.75, 3.05) is 19.8 Å². The van der Waals surface area contributed by atoms with E-state index in [0.717, 1.165) is 24.6 Å². The number of nitrogens with one attached hydrogen (secondary N) is 1. The normalized spacial score (nSPS) is 18.4. The lowest BCUT2D eigenvalue weighted by Gasteiger charge is -2.25. The number of hydrogen-bond donors (Lipinski definition) is 2. The summed E-state index contributed by atoms with van der Waals surface area (Å²) in [7, 11) is 0. The summed E-state index contributed by atoms with van der Waals surface area (Å²) in [6.45, 7) is 0.560. The second kappa shape index (κ2) is 11.4. The molecule has 0 aliphatic carbocycles. The molecule has 1 fully saturated rings. The van der Waals surface area contributed by atoms with Crippen molar-refractivity contribution >= 4 is 23.6 Å². The van der Waals surface area contributed by atoms with Crippen molar-refractivity contribution in [1.82, 2.24) is 4.90 Å². The van der Waals surface area contributed by atoms with Crippen molar-refractivity contribution in [3.05, 3.63) is 76.9 Å². The van der Waals surface area contributed by atoms with Crippen LogP contribution < -0.4 is 10.5 Å². The highest BCUT2D eigenvalue weighted by Gasteiger charge is 2.36. The molecule has 0 radical (unpaired) electrons. The summed E-state index contributed by atoms with van der Waals surface area (Å²) >= 11 is 0. The Bertz CT molecular complexity index is 1300. The van der Waals surface area contributed by atoms with Crippen molar-refractivity contribution in [2.24, 2.45) is 10.7 Å². The van der Waals surface area contributed by atoms with E-state index in [0.29, 0.717) is 31.0 Å². The summed E-state index contributed by atoms with van der Waals surface area (Å²) in [6, 6.07) is 7.79. The molecule has 1 atom stereocenters. The van der Waals surface area contributed by atoms with E-state index in [-0.39, 0.29) is 36.3 Å². The van der Waals surface area contributed by atoms with E-state index in [1.807, 2.05) is 0 Å². The van der Waals surface area contributed by atoms with Crippen LogP contribution in [-0.4, -0.2) is 42.6 Å². The molecule has 0 spiro atoms. The van der Waals surface area contributed by atoms with Crippen molar-refractivity contribution in [3.63, 3.8) is 0 Å². The second-order valence-corrected chi connectivity index (χ2v) is 8.96. The van der Waals surface area contributed by atoms with Gasteiger partial charge in [-0.1, -0.05) is 24.3 Å². The van der Waals surface area contributed by atoms with Crippen LogP contribution in [0.4, 0.5) is 26.3 Å². The fourth-order valence-corrected chi connectivity index (χ4v) is 4.40. The highest BCUT2D eigenvalue weighted by atomic mass is 19.4. The predicted molar refractivity (Wildman–Crippen MR) is 135 cm³/mol. The van der Waals surface area contributed by atoms with Crippen LogP contribution >= 0.6 is 0 Å². The minimum absolute atomic E-state index is 0.124. The molecule has 2 aromatic rings. The van der Waals surface area contributed by atoms with Gasteiger partial charge in [0.05, 0.1) is 23.4 Å². The minimum atomic E-state index is -4.73. The molecule has 0 amide bonds. The molecule has 12 heteroatoms. The standard InChI is InChI=1S/C27H26F6N4O2/c28-26(29,30)19-7-1-5-17(15-19)6-3-13-38-23-11-10-18(16-20(23)27(31,32)33)21-8-4-14-39-24(36-21)22-9-2-12-37(22)25(34)35/h1,3,5-8,10-11,15-16,22H,2,4,9,12-14H2,(H3,34,35)/b6-3+/t22-/m0/s1. The van der Waals surface area contributed by atoms with E-state index < -0.39 is 29.2 Å². The lowest BCUT2D eigenvalue weighted by Crippen LogP contribution is -2.44. The van der Waals surface area contributed by atoms with Gasteiger partial charge in [0.2, 0.25) is 5.90 Å². The molecule has 2 aliphatic rings. The second-order valence-electron chi connectivity index (χ2n) is 8.96. The number of likely N-dealkylation sites (tertiary alicyclic amines) is 1. The molecule has 0 aromatic heterocycles. The maximum absolute atomic E-state index is 13.9. The van der Waals surface area contributed by atoms with E-state index in [1.54, 1.807) is 11.0 Å². The summed E-state index contributed by atoms with van der Waals surface area (Å²) < 4.78 is 91.6. The SMILES string of the molecule is N=C(N)N1CCC[C@H]1C1=NC(c2ccc(OC/C=C/c3cccc(C(F)(F)F)c3)c(C(F)(F)F)c2)=CCCO1. The number of benzene rings is 2. The third-order valence-electron chi connectivity index (χ3n) is 6.22. The predicted octanol–water partition coefficient (Wildman–Crippen LogP) is 6.33. The Morgan fingerprint density at radius 1 is 1.13 bits per heavy atom. The average Bonchev–Trinajstić information content (AvgIpc) is 3.24. The topological polar surface area (TPSA) is 83.9 Å². The zero-order valence-electron chi connectivity index (χ0n) is 20.6. The molecular weight excluding hydrogens is 526 g/mol. The lowest BCUT2D eigenvalue weighted by molar-refractivity contribution is -0.139. The molecule has 2 heterocycles. The van der Waals surface area contributed by atoms with Crippen LogP contribution in [0.3, 0.4) is 0 Å². The quantitative estimate of drug-likeness (QED) is 0.249. The maximum atomic E-state index is 13.9. The van der Waals surface area contributed by atoms with E-state index in [9.17, 15) is 26.3 Å².